The topological polar surface area (TPSA) is 9.23 Å². The fourth-order valence-corrected chi connectivity index (χ4v) is 4.30. The molecule has 2 rings (SSSR count). The molecule has 5 heteroatoms. The maximum absolute atomic E-state index is 12.3. The van der Waals surface area contributed by atoms with Gasteiger partial charge in [-0.15, -0.1) is 13.2 Å². The number of benzene rings is 1. The molecule has 0 spiro atoms. The Bertz CT molecular complexity index is 500. The SMILES string of the molecule is FC(F)(F)Oc1ccc(CBC2CCCCCCCCCCCCCC2)cc1. The highest BCUT2D eigenvalue weighted by atomic mass is 19.4. The minimum absolute atomic E-state index is 0.134. The molecule has 0 amide bonds. The zero-order valence-corrected chi connectivity index (χ0v) is 17.2. The van der Waals surface area contributed by atoms with E-state index < -0.39 is 6.36 Å². The van der Waals surface area contributed by atoms with E-state index in [9.17, 15) is 13.2 Å². The van der Waals surface area contributed by atoms with Gasteiger partial charge in [-0.3, -0.25) is 0 Å². The summed E-state index contributed by atoms with van der Waals surface area (Å²) in [6, 6.07) is 6.40. The molecule has 0 saturated heterocycles. The molecule has 1 aliphatic carbocycles. The van der Waals surface area contributed by atoms with E-state index in [1.165, 1.54) is 102 Å². The second kappa shape index (κ2) is 13.2. The summed E-state index contributed by atoms with van der Waals surface area (Å²) in [5.41, 5.74) is 1.10. The molecule has 0 aromatic heterocycles. The van der Waals surface area contributed by atoms with E-state index >= 15 is 0 Å². The van der Waals surface area contributed by atoms with E-state index in [4.69, 9.17) is 0 Å². The lowest BCUT2D eigenvalue weighted by molar-refractivity contribution is -0.274. The maximum Gasteiger partial charge on any atom is 0.573 e. The maximum atomic E-state index is 12.3. The van der Waals surface area contributed by atoms with Crippen molar-refractivity contribution in [3.05, 3.63) is 29.8 Å². The van der Waals surface area contributed by atoms with E-state index in [1.54, 1.807) is 12.1 Å². The molecule has 1 aromatic rings. The summed E-state index contributed by atoms with van der Waals surface area (Å²) < 4.78 is 40.8. The van der Waals surface area contributed by atoms with Crippen molar-refractivity contribution in [1.29, 1.82) is 0 Å². The van der Waals surface area contributed by atoms with Crippen molar-refractivity contribution in [2.45, 2.75) is 108 Å². The molecule has 158 valence electrons. The van der Waals surface area contributed by atoms with Crippen molar-refractivity contribution in [3.8, 4) is 5.75 Å². The van der Waals surface area contributed by atoms with Crippen LogP contribution in [0.15, 0.2) is 24.3 Å². The van der Waals surface area contributed by atoms with E-state index in [0.717, 1.165) is 25.0 Å². The standard InChI is InChI=1S/C23H36BF3O/c25-23(26,27)28-22-17-15-20(16-18-22)19-24-21-13-11-9-7-5-3-1-2-4-6-8-10-12-14-21/h15-18,21,24H,1-14,19H2. The fraction of sp³-hybridized carbons (Fsp3) is 0.739. The van der Waals surface area contributed by atoms with Crippen LogP contribution in [0.4, 0.5) is 13.2 Å². The predicted octanol–water partition coefficient (Wildman–Crippen LogP) is 7.79. The molecule has 0 radical (unpaired) electrons. The van der Waals surface area contributed by atoms with Crippen molar-refractivity contribution in [2.24, 2.45) is 0 Å². The summed E-state index contributed by atoms with van der Waals surface area (Å²) in [6.45, 7) is 0. The molecule has 28 heavy (non-hydrogen) atoms. The Kier molecular flexibility index (Phi) is 10.9. The smallest absolute Gasteiger partial charge is 0.406 e. The quantitative estimate of drug-likeness (QED) is 0.472. The van der Waals surface area contributed by atoms with Crippen LogP contribution in [0, 0.1) is 0 Å². The first kappa shape index (κ1) is 23.2. The Balaban J connectivity index is 1.77. The van der Waals surface area contributed by atoms with Crippen LogP contribution in [0.2, 0.25) is 5.82 Å². The summed E-state index contributed by atoms with van der Waals surface area (Å²) in [5.74, 6) is 0.612. The molecule has 0 aliphatic heterocycles. The lowest BCUT2D eigenvalue weighted by atomic mass is 9.57. The second-order valence-corrected chi connectivity index (χ2v) is 8.42. The molecule has 1 aromatic carbocycles. The molecule has 1 aliphatic rings. The molecule has 0 bridgehead atoms. The van der Waals surface area contributed by atoms with Gasteiger partial charge < -0.3 is 4.74 Å². The number of alkyl halides is 3. The first-order valence-corrected chi connectivity index (χ1v) is 11.4. The zero-order valence-electron chi connectivity index (χ0n) is 17.2. The predicted molar refractivity (Wildman–Crippen MR) is 112 cm³/mol. The van der Waals surface area contributed by atoms with E-state index in [0.29, 0.717) is 0 Å². The average molecular weight is 396 g/mol. The van der Waals surface area contributed by atoms with E-state index in [1.807, 2.05) is 0 Å². The van der Waals surface area contributed by atoms with Crippen LogP contribution in [0.3, 0.4) is 0 Å². The Morgan fingerprint density at radius 1 is 0.714 bits per heavy atom. The molecule has 1 nitrogen and oxygen atoms in total. The van der Waals surface area contributed by atoms with Crippen LogP contribution in [0.25, 0.3) is 0 Å². The van der Waals surface area contributed by atoms with Gasteiger partial charge in [-0.25, -0.2) is 0 Å². The summed E-state index contributed by atoms with van der Waals surface area (Å²) in [6.07, 6.45) is 15.4. The van der Waals surface area contributed by atoms with Gasteiger partial charge in [-0.2, -0.15) is 0 Å². The third kappa shape index (κ3) is 11.0. The number of rotatable bonds is 4. The number of hydrogen-bond donors (Lipinski definition) is 0. The highest BCUT2D eigenvalue weighted by Crippen LogP contribution is 2.26. The molecule has 0 unspecified atom stereocenters. The van der Waals surface area contributed by atoms with Gasteiger partial charge in [-0.1, -0.05) is 120 Å². The van der Waals surface area contributed by atoms with Crippen molar-refractivity contribution < 1.29 is 17.9 Å². The van der Waals surface area contributed by atoms with Crippen LogP contribution < -0.4 is 4.74 Å². The van der Waals surface area contributed by atoms with Gasteiger partial charge in [0.2, 0.25) is 0 Å². The van der Waals surface area contributed by atoms with Crippen molar-refractivity contribution in [1.82, 2.24) is 0 Å². The Hall–Kier alpha value is -1.13. The van der Waals surface area contributed by atoms with Crippen LogP contribution >= 0.6 is 0 Å². The van der Waals surface area contributed by atoms with Gasteiger partial charge in [-0.05, 0) is 12.1 Å². The highest BCUT2D eigenvalue weighted by Gasteiger charge is 2.30. The summed E-state index contributed by atoms with van der Waals surface area (Å²) in [4.78, 5) is 0. The minimum atomic E-state index is -4.62. The summed E-state index contributed by atoms with van der Waals surface area (Å²) >= 11 is 0. The van der Waals surface area contributed by atoms with Gasteiger partial charge in [0, 0.05) is 0 Å². The van der Waals surface area contributed by atoms with Crippen LogP contribution in [0.1, 0.15) is 95.5 Å². The highest BCUT2D eigenvalue weighted by molar-refractivity contribution is 6.37. The molecule has 0 heterocycles. The van der Waals surface area contributed by atoms with Crippen molar-refractivity contribution in [3.63, 3.8) is 0 Å². The van der Waals surface area contributed by atoms with E-state index in [2.05, 4.69) is 4.74 Å². The first-order chi connectivity index (χ1) is 13.5. The van der Waals surface area contributed by atoms with Gasteiger partial charge in [0.1, 0.15) is 13.0 Å². The van der Waals surface area contributed by atoms with Crippen LogP contribution in [0.5, 0.6) is 5.75 Å². The van der Waals surface area contributed by atoms with Gasteiger partial charge in [0.25, 0.3) is 0 Å². The lowest BCUT2D eigenvalue weighted by Gasteiger charge is -2.16. The van der Waals surface area contributed by atoms with Gasteiger partial charge in [0.05, 0.1) is 0 Å². The Morgan fingerprint density at radius 2 is 1.14 bits per heavy atom. The molecule has 0 N–H and O–H groups in total. The Morgan fingerprint density at radius 3 is 1.57 bits per heavy atom. The number of ether oxygens (including phenoxy) is 1. The third-order valence-corrected chi connectivity index (χ3v) is 5.97. The molecule has 0 atom stereocenters. The number of hydrogen-bond acceptors (Lipinski definition) is 1. The minimum Gasteiger partial charge on any atom is -0.406 e. The summed E-state index contributed by atoms with van der Waals surface area (Å²) in [5, 5.41) is 0. The molecule has 1 saturated carbocycles. The monoisotopic (exact) mass is 396 g/mol. The lowest BCUT2D eigenvalue weighted by Crippen LogP contribution is -2.17. The zero-order chi connectivity index (χ0) is 20.1. The number of halogens is 3. The Labute approximate surface area is 169 Å². The van der Waals surface area contributed by atoms with E-state index in [-0.39, 0.29) is 5.75 Å². The summed E-state index contributed by atoms with van der Waals surface area (Å²) in [7, 11) is 1.14. The largest absolute Gasteiger partial charge is 0.573 e. The van der Waals surface area contributed by atoms with Crippen molar-refractivity contribution >= 4 is 7.28 Å². The van der Waals surface area contributed by atoms with Gasteiger partial charge in [0.15, 0.2) is 0 Å². The fourth-order valence-electron chi connectivity index (χ4n) is 4.30. The average Bonchev–Trinajstić information content (AvgIpc) is 2.66. The normalized spacial score (nSPS) is 19.4. The second-order valence-electron chi connectivity index (χ2n) is 8.42. The van der Waals surface area contributed by atoms with Crippen LogP contribution in [-0.2, 0) is 6.32 Å². The third-order valence-electron chi connectivity index (χ3n) is 5.97. The first-order valence-electron chi connectivity index (χ1n) is 11.4. The van der Waals surface area contributed by atoms with Gasteiger partial charge >= 0.3 is 6.36 Å². The molecule has 1 fully saturated rings. The molecular weight excluding hydrogens is 360 g/mol. The molecular formula is C23H36BF3O. The van der Waals surface area contributed by atoms with Crippen molar-refractivity contribution in [2.75, 3.05) is 0 Å². The van der Waals surface area contributed by atoms with Crippen LogP contribution in [-0.4, -0.2) is 13.6 Å².